The monoisotopic (exact) mass is 326 g/mol. The molecule has 6 nitrogen and oxygen atoms in total. The molecule has 2 N–H and O–H groups in total. The minimum Gasteiger partial charge on any atom is -0.368 e. The number of benzene rings is 1. The number of aromatic nitrogens is 2. The molecule has 0 unspecified atom stereocenters. The van der Waals surface area contributed by atoms with Gasteiger partial charge in [-0.05, 0) is 11.6 Å². The lowest BCUT2D eigenvalue weighted by molar-refractivity contribution is -0.128. The topological polar surface area (TPSA) is 85.3 Å². The quantitative estimate of drug-likeness (QED) is 0.922. The van der Waals surface area contributed by atoms with E-state index in [1.165, 1.54) is 0 Å². The number of nitrogens with two attached hydrogens (primary N) is 1. The van der Waals surface area contributed by atoms with Crippen LogP contribution in [0.3, 0.4) is 0 Å². The number of halogens is 3. The van der Waals surface area contributed by atoms with Gasteiger partial charge in [0.15, 0.2) is 5.82 Å². The van der Waals surface area contributed by atoms with E-state index in [0.717, 1.165) is 11.3 Å². The van der Waals surface area contributed by atoms with E-state index in [2.05, 4.69) is 10.1 Å². The molecule has 2 aromatic rings. The van der Waals surface area contributed by atoms with Crippen LogP contribution in [0.1, 0.15) is 17.3 Å². The van der Waals surface area contributed by atoms with Crippen LogP contribution in [0, 0.1) is 0 Å². The van der Waals surface area contributed by atoms with Crippen LogP contribution in [0.15, 0.2) is 28.8 Å². The highest BCUT2D eigenvalue weighted by Gasteiger charge is 2.35. The molecule has 1 aliphatic rings. The van der Waals surface area contributed by atoms with E-state index in [1.807, 2.05) is 18.2 Å². The number of hydrogen-bond donors (Lipinski definition) is 1. The predicted octanol–water partition coefficient (Wildman–Crippen LogP) is 1.59. The molecule has 1 atom stereocenters. The van der Waals surface area contributed by atoms with Crippen molar-refractivity contribution in [1.82, 2.24) is 10.1 Å². The molecule has 23 heavy (non-hydrogen) atoms. The number of anilines is 1. The van der Waals surface area contributed by atoms with E-state index < -0.39 is 30.4 Å². The summed E-state index contributed by atoms with van der Waals surface area (Å²) >= 11 is 0. The van der Waals surface area contributed by atoms with Gasteiger partial charge in [-0.15, -0.1) is 0 Å². The molecule has 0 radical (unpaired) electrons. The number of primary amides is 1. The van der Waals surface area contributed by atoms with E-state index in [4.69, 9.17) is 10.3 Å². The lowest BCUT2D eigenvalue weighted by atomic mass is 10.1. The number of para-hydroxylation sites is 1. The lowest BCUT2D eigenvalue weighted by Crippen LogP contribution is -2.42. The fourth-order valence-electron chi connectivity index (χ4n) is 2.65. The molecular weight excluding hydrogens is 313 g/mol. The Kier molecular flexibility index (Phi) is 3.70. The third-order valence-electron chi connectivity index (χ3n) is 3.59. The first kappa shape index (κ1) is 15.3. The summed E-state index contributed by atoms with van der Waals surface area (Å²) in [4.78, 5) is 17.0. The number of rotatable bonds is 4. The molecule has 2 heterocycles. The van der Waals surface area contributed by atoms with Crippen LogP contribution in [-0.4, -0.2) is 28.3 Å². The van der Waals surface area contributed by atoms with E-state index >= 15 is 0 Å². The average molecular weight is 326 g/mol. The molecule has 1 aromatic heterocycles. The Labute approximate surface area is 129 Å². The molecular formula is C14H13F3N4O2. The van der Waals surface area contributed by atoms with Crippen molar-refractivity contribution in [3.63, 3.8) is 0 Å². The zero-order valence-corrected chi connectivity index (χ0v) is 11.9. The SMILES string of the molecule is NC(=O)[C@@H]1Cc2ccccc2N1Cc1nc(CC(F)(F)F)no1. The summed E-state index contributed by atoms with van der Waals surface area (Å²) in [6.45, 7) is 0.0233. The van der Waals surface area contributed by atoms with E-state index in [-0.39, 0.29) is 12.4 Å². The average Bonchev–Trinajstić information content (AvgIpc) is 3.03. The highest BCUT2D eigenvalue weighted by Crippen LogP contribution is 2.33. The Morgan fingerprint density at radius 1 is 1.39 bits per heavy atom. The van der Waals surface area contributed by atoms with Gasteiger partial charge in [-0.25, -0.2) is 0 Å². The van der Waals surface area contributed by atoms with Gasteiger partial charge in [-0.1, -0.05) is 23.4 Å². The number of fused-ring (bicyclic) bond motifs is 1. The van der Waals surface area contributed by atoms with Gasteiger partial charge in [-0.3, -0.25) is 4.79 Å². The highest BCUT2D eigenvalue weighted by molar-refractivity contribution is 5.86. The first-order chi connectivity index (χ1) is 10.8. The minimum absolute atomic E-state index is 0.00667. The van der Waals surface area contributed by atoms with Crippen molar-refractivity contribution >= 4 is 11.6 Å². The van der Waals surface area contributed by atoms with Crippen LogP contribution in [0.5, 0.6) is 0 Å². The smallest absolute Gasteiger partial charge is 0.368 e. The molecule has 0 saturated heterocycles. The number of alkyl halides is 3. The molecule has 0 aliphatic carbocycles. The third kappa shape index (κ3) is 3.27. The molecule has 122 valence electrons. The lowest BCUT2D eigenvalue weighted by Gasteiger charge is -2.23. The van der Waals surface area contributed by atoms with Gasteiger partial charge in [0, 0.05) is 12.1 Å². The largest absolute Gasteiger partial charge is 0.396 e. The number of amides is 1. The van der Waals surface area contributed by atoms with Gasteiger partial charge in [0.25, 0.3) is 0 Å². The molecule has 0 fully saturated rings. The van der Waals surface area contributed by atoms with Gasteiger partial charge in [0.05, 0.1) is 6.54 Å². The highest BCUT2D eigenvalue weighted by atomic mass is 19.4. The Morgan fingerprint density at radius 2 is 2.13 bits per heavy atom. The fourth-order valence-corrected chi connectivity index (χ4v) is 2.65. The standard InChI is InChI=1S/C14H13F3N4O2/c15-14(16,17)6-11-19-12(23-20-11)7-21-9-4-2-1-3-8(9)5-10(21)13(18)22/h1-4,10H,5-7H2,(H2,18,22)/t10-/m0/s1. The second-order valence-corrected chi connectivity index (χ2v) is 5.28. The molecule has 3 rings (SSSR count). The fraction of sp³-hybridized carbons (Fsp3) is 0.357. The van der Waals surface area contributed by atoms with E-state index in [0.29, 0.717) is 6.42 Å². The van der Waals surface area contributed by atoms with Crippen molar-refractivity contribution in [1.29, 1.82) is 0 Å². The summed E-state index contributed by atoms with van der Waals surface area (Å²) in [5.41, 5.74) is 7.13. The molecule has 0 saturated carbocycles. The maximum Gasteiger partial charge on any atom is 0.396 e. The number of carbonyl (C=O) groups excluding carboxylic acids is 1. The maximum absolute atomic E-state index is 12.3. The normalized spacial score (nSPS) is 17.3. The summed E-state index contributed by atoms with van der Waals surface area (Å²) in [5.74, 6) is -0.945. The number of hydrogen-bond acceptors (Lipinski definition) is 5. The Balaban J connectivity index is 1.82. The summed E-state index contributed by atoms with van der Waals surface area (Å²) in [7, 11) is 0. The first-order valence-electron chi connectivity index (χ1n) is 6.85. The summed E-state index contributed by atoms with van der Waals surface area (Å²) in [6.07, 6.45) is -5.22. The minimum atomic E-state index is -4.41. The predicted molar refractivity (Wildman–Crippen MR) is 73.4 cm³/mol. The molecule has 1 amide bonds. The Bertz CT molecular complexity index is 729. The summed E-state index contributed by atoms with van der Waals surface area (Å²) in [6, 6.07) is 6.73. The van der Waals surface area contributed by atoms with E-state index in [9.17, 15) is 18.0 Å². The number of nitrogens with zero attached hydrogens (tertiary/aromatic N) is 3. The van der Waals surface area contributed by atoms with Crippen LogP contribution < -0.4 is 10.6 Å². The Morgan fingerprint density at radius 3 is 2.83 bits per heavy atom. The van der Waals surface area contributed by atoms with Crippen molar-refractivity contribution < 1.29 is 22.5 Å². The van der Waals surface area contributed by atoms with Gasteiger partial charge in [0.2, 0.25) is 11.8 Å². The molecule has 9 heteroatoms. The Hall–Kier alpha value is -2.58. The molecule has 1 aromatic carbocycles. The van der Waals surface area contributed by atoms with Crippen LogP contribution in [-0.2, 0) is 24.2 Å². The zero-order chi connectivity index (χ0) is 16.6. The number of carbonyl (C=O) groups is 1. The van der Waals surface area contributed by atoms with Gasteiger partial charge in [-0.2, -0.15) is 18.2 Å². The van der Waals surface area contributed by atoms with Crippen molar-refractivity contribution in [2.45, 2.75) is 31.6 Å². The van der Waals surface area contributed by atoms with Crippen molar-refractivity contribution in [2.75, 3.05) is 4.90 Å². The summed E-state index contributed by atoms with van der Waals surface area (Å²) in [5, 5.41) is 3.32. The molecule has 0 spiro atoms. The van der Waals surface area contributed by atoms with Crippen LogP contribution >= 0.6 is 0 Å². The van der Waals surface area contributed by atoms with Crippen molar-refractivity contribution in [3.05, 3.63) is 41.5 Å². The van der Waals surface area contributed by atoms with Crippen molar-refractivity contribution in [2.24, 2.45) is 5.73 Å². The summed E-state index contributed by atoms with van der Waals surface area (Å²) < 4.78 is 41.8. The third-order valence-corrected chi connectivity index (χ3v) is 3.59. The van der Waals surface area contributed by atoms with Gasteiger partial charge in [0.1, 0.15) is 12.5 Å². The van der Waals surface area contributed by atoms with Crippen LogP contribution in [0.4, 0.5) is 18.9 Å². The van der Waals surface area contributed by atoms with Gasteiger partial charge >= 0.3 is 6.18 Å². The zero-order valence-electron chi connectivity index (χ0n) is 11.9. The van der Waals surface area contributed by atoms with E-state index in [1.54, 1.807) is 11.0 Å². The second-order valence-electron chi connectivity index (χ2n) is 5.28. The van der Waals surface area contributed by atoms with Crippen LogP contribution in [0.2, 0.25) is 0 Å². The van der Waals surface area contributed by atoms with Gasteiger partial charge < -0.3 is 15.2 Å². The molecule has 1 aliphatic heterocycles. The maximum atomic E-state index is 12.3. The van der Waals surface area contributed by atoms with Crippen LogP contribution in [0.25, 0.3) is 0 Å². The van der Waals surface area contributed by atoms with Crippen molar-refractivity contribution in [3.8, 4) is 0 Å². The molecule has 0 bridgehead atoms. The first-order valence-corrected chi connectivity index (χ1v) is 6.85. The second kappa shape index (κ2) is 5.56.